The number of carbonyl (C=O) groups is 3. The molecule has 114 valence electrons. The number of rotatable bonds is 5. The summed E-state index contributed by atoms with van der Waals surface area (Å²) in [6.45, 7) is 3.96. The van der Waals surface area contributed by atoms with Crippen LogP contribution >= 0.6 is 0 Å². The van der Waals surface area contributed by atoms with Crippen LogP contribution < -0.4 is 5.73 Å². The molecule has 7 nitrogen and oxygen atoms in total. The molecule has 1 saturated heterocycles. The summed E-state index contributed by atoms with van der Waals surface area (Å²) in [5.74, 6) is -4.51. The summed E-state index contributed by atoms with van der Waals surface area (Å²) in [4.78, 5) is 36.1. The number of piperidine rings is 1. The van der Waals surface area contributed by atoms with Crippen LogP contribution in [-0.4, -0.2) is 52.6 Å². The lowest BCUT2D eigenvalue weighted by Crippen LogP contribution is -2.53. The number of amides is 1. The first-order valence-electron chi connectivity index (χ1n) is 6.72. The second-order valence-corrected chi connectivity index (χ2v) is 5.55. The lowest BCUT2D eigenvalue weighted by Gasteiger charge is -2.39. The number of carboxylic acid groups (broad SMARTS) is 2. The molecule has 0 bridgehead atoms. The van der Waals surface area contributed by atoms with Gasteiger partial charge in [0.25, 0.3) is 0 Å². The van der Waals surface area contributed by atoms with E-state index in [1.807, 2.05) is 6.92 Å². The lowest BCUT2D eigenvalue weighted by atomic mass is 9.81. The number of nitrogens with two attached hydrogens (primary N) is 1. The Balaban J connectivity index is 2.89. The van der Waals surface area contributed by atoms with Crippen molar-refractivity contribution in [1.82, 2.24) is 4.90 Å². The Labute approximate surface area is 117 Å². The van der Waals surface area contributed by atoms with Crippen LogP contribution in [0.3, 0.4) is 0 Å². The van der Waals surface area contributed by atoms with E-state index in [0.717, 1.165) is 0 Å². The Hall–Kier alpha value is -1.63. The molecule has 1 fully saturated rings. The fourth-order valence-electron chi connectivity index (χ4n) is 2.45. The molecular weight excluding hydrogens is 264 g/mol. The minimum absolute atomic E-state index is 0.0687. The van der Waals surface area contributed by atoms with E-state index in [9.17, 15) is 14.4 Å². The number of hydrogen-bond acceptors (Lipinski definition) is 4. The number of carboxylic acids is 2. The highest BCUT2D eigenvalue weighted by Crippen LogP contribution is 2.29. The first kappa shape index (κ1) is 16.4. The molecule has 1 amide bonds. The minimum atomic E-state index is -1.18. The van der Waals surface area contributed by atoms with Crippen LogP contribution in [0.5, 0.6) is 0 Å². The molecular formula is C13H22N2O5. The molecule has 0 spiro atoms. The minimum Gasteiger partial charge on any atom is -0.481 e. The van der Waals surface area contributed by atoms with Crippen molar-refractivity contribution >= 4 is 17.8 Å². The average Bonchev–Trinajstić information content (AvgIpc) is 2.44. The fourth-order valence-corrected chi connectivity index (χ4v) is 2.45. The van der Waals surface area contributed by atoms with Crippen molar-refractivity contribution in [3.8, 4) is 0 Å². The van der Waals surface area contributed by atoms with Crippen LogP contribution in [0.25, 0.3) is 0 Å². The molecule has 7 heteroatoms. The molecule has 3 atom stereocenters. The van der Waals surface area contributed by atoms with Crippen molar-refractivity contribution in [1.29, 1.82) is 0 Å². The summed E-state index contributed by atoms with van der Waals surface area (Å²) >= 11 is 0. The molecule has 1 aliphatic rings. The van der Waals surface area contributed by atoms with E-state index in [1.165, 1.54) is 4.90 Å². The molecule has 3 unspecified atom stereocenters. The Morgan fingerprint density at radius 3 is 2.20 bits per heavy atom. The summed E-state index contributed by atoms with van der Waals surface area (Å²) in [7, 11) is 0. The molecule has 0 saturated carbocycles. The van der Waals surface area contributed by atoms with E-state index in [1.54, 1.807) is 6.92 Å². The molecule has 0 aromatic rings. The van der Waals surface area contributed by atoms with Crippen molar-refractivity contribution in [3.05, 3.63) is 0 Å². The van der Waals surface area contributed by atoms with Crippen LogP contribution in [0.2, 0.25) is 0 Å². The summed E-state index contributed by atoms with van der Waals surface area (Å²) in [6.07, 6.45) is 0.710. The van der Waals surface area contributed by atoms with Crippen molar-refractivity contribution in [2.45, 2.75) is 26.7 Å². The second-order valence-electron chi connectivity index (χ2n) is 5.55. The first-order chi connectivity index (χ1) is 9.26. The first-order valence-corrected chi connectivity index (χ1v) is 6.72. The van der Waals surface area contributed by atoms with Crippen LogP contribution in [-0.2, 0) is 14.4 Å². The third-order valence-electron chi connectivity index (χ3n) is 4.28. The van der Waals surface area contributed by atoms with Crippen molar-refractivity contribution < 1.29 is 24.6 Å². The molecule has 1 aliphatic heterocycles. The number of likely N-dealkylation sites (tertiary alicyclic amines) is 1. The lowest BCUT2D eigenvalue weighted by molar-refractivity contribution is -0.161. The highest BCUT2D eigenvalue weighted by molar-refractivity contribution is 5.85. The van der Waals surface area contributed by atoms with Gasteiger partial charge in [0, 0.05) is 19.6 Å². The van der Waals surface area contributed by atoms with Gasteiger partial charge in [0.05, 0.1) is 17.3 Å². The summed E-state index contributed by atoms with van der Waals surface area (Å²) in [5, 5.41) is 18.2. The van der Waals surface area contributed by atoms with E-state index < -0.39 is 29.2 Å². The molecule has 0 aliphatic carbocycles. The zero-order valence-electron chi connectivity index (χ0n) is 11.8. The van der Waals surface area contributed by atoms with Crippen molar-refractivity contribution in [2.75, 3.05) is 19.6 Å². The summed E-state index contributed by atoms with van der Waals surface area (Å²) in [5.41, 5.74) is 4.91. The maximum Gasteiger partial charge on any atom is 0.309 e. The van der Waals surface area contributed by atoms with Gasteiger partial charge in [0.2, 0.25) is 5.91 Å². The van der Waals surface area contributed by atoms with E-state index >= 15 is 0 Å². The van der Waals surface area contributed by atoms with E-state index in [4.69, 9.17) is 15.9 Å². The Kier molecular flexibility index (Phi) is 5.10. The van der Waals surface area contributed by atoms with Gasteiger partial charge in [0.15, 0.2) is 0 Å². The Morgan fingerprint density at radius 1 is 1.25 bits per heavy atom. The molecule has 4 N–H and O–H groups in total. The number of aliphatic carboxylic acids is 2. The van der Waals surface area contributed by atoms with Gasteiger partial charge in [-0.1, -0.05) is 6.92 Å². The molecule has 1 heterocycles. The van der Waals surface area contributed by atoms with E-state index in [2.05, 4.69) is 0 Å². The van der Waals surface area contributed by atoms with Crippen LogP contribution in [0, 0.1) is 17.3 Å². The predicted octanol–water partition coefficient (Wildman–Crippen LogP) is -0.00470. The van der Waals surface area contributed by atoms with Crippen molar-refractivity contribution in [3.63, 3.8) is 0 Å². The van der Waals surface area contributed by atoms with Gasteiger partial charge in [-0.3, -0.25) is 14.4 Å². The van der Waals surface area contributed by atoms with Gasteiger partial charge < -0.3 is 20.8 Å². The summed E-state index contributed by atoms with van der Waals surface area (Å²) < 4.78 is 0. The third kappa shape index (κ3) is 3.09. The predicted molar refractivity (Wildman–Crippen MR) is 70.9 cm³/mol. The maximum absolute atomic E-state index is 12.4. The van der Waals surface area contributed by atoms with E-state index in [0.29, 0.717) is 6.42 Å². The van der Waals surface area contributed by atoms with Crippen LogP contribution in [0.4, 0.5) is 0 Å². The standard InChI is InChI=1S/C13H22N2O5/c1-3-13(2,7-14)12(20)15-5-4-8(10(16)17)9(6-15)11(18)19/h8-9H,3-7,14H2,1-2H3,(H,16,17)(H,18,19). The number of hydrogen-bond donors (Lipinski definition) is 3. The molecule has 0 aromatic carbocycles. The maximum atomic E-state index is 12.4. The highest BCUT2D eigenvalue weighted by atomic mass is 16.4. The Bertz CT molecular complexity index is 406. The largest absolute Gasteiger partial charge is 0.481 e. The zero-order chi connectivity index (χ0) is 15.5. The average molecular weight is 286 g/mol. The van der Waals surface area contributed by atoms with E-state index in [-0.39, 0.29) is 32.0 Å². The smallest absolute Gasteiger partial charge is 0.309 e. The SMILES string of the molecule is CCC(C)(CN)C(=O)N1CCC(C(=O)O)C(C(=O)O)C1. The normalized spacial score (nSPS) is 25.9. The second kappa shape index (κ2) is 6.21. The summed E-state index contributed by atoms with van der Waals surface area (Å²) in [6, 6.07) is 0. The third-order valence-corrected chi connectivity index (χ3v) is 4.28. The van der Waals surface area contributed by atoms with Gasteiger partial charge in [0.1, 0.15) is 0 Å². The quantitative estimate of drug-likeness (QED) is 0.654. The monoisotopic (exact) mass is 286 g/mol. The van der Waals surface area contributed by atoms with Crippen molar-refractivity contribution in [2.24, 2.45) is 23.0 Å². The fraction of sp³-hybridized carbons (Fsp3) is 0.769. The van der Waals surface area contributed by atoms with Gasteiger partial charge >= 0.3 is 11.9 Å². The molecule has 20 heavy (non-hydrogen) atoms. The topological polar surface area (TPSA) is 121 Å². The van der Waals surface area contributed by atoms with Crippen LogP contribution in [0.1, 0.15) is 26.7 Å². The Morgan fingerprint density at radius 2 is 1.80 bits per heavy atom. The number of carbonyl (C=O) groups excluding carboxylic acids is 1. The van der Waals surface area contributed by atoms with Crippen LogP contribution in [0.15, 0.2) is 0 Å². The van der Waals surface area contributed by atoms with Gasteiger partial charge in [-0.25, -0.2) is 0 Å². The van der Waals surface area contributed by atoms with Gasteiger partial charge in [-0.15, -0.1) is 0 Å². The molecule has 1 rings (SSSR count). The molecule has 0 radical (unpaired) electrons. The highest BCUT2D eigenvalue weighted by Gasteiger charge is 2.43. The zero-order valence-corrected chi connectivity index (χ0v) is 11.8. The molecule has 0 aromatic heterocycles. The van der Waals surface area contributed by atoms with Gasteiger partial charge in [-0.2, -0.15) is 0 Å². The van der Waals surface area contributed by atoms with Gasteiger partial charge in [-0.05, 0) is 19.8 Å². The number of nitrogens with zero attached hydrogens (tertiary/aromatic N) is 1.